The van der Waals surface area contributed by atoms with Crippen LogP contribution in [-0.2, 0) is 0 Å². The zero-order valence-corrected chi connectivity index (χ0v) is 13.5. The first-order chi connectivity index (χ1) is 10.7. The number of hydrogen-bond acceptors (Lipinski definition) is 2. The number of unbranched alkanes of at least 4 members (excludes halogenated alkanes) is 1. The lowest BCUT2D eigenvalue weighted by atomic mass is 10.2. The lowest BCUT2D eigenvalue weighted by Crippen LogP contribution is -2.42. The minimum absolute atomic E-state index is 0.0586. The largest absolute Gasteiger partial charge is 0.354 e. The molecule has 0 heterocycles. The van der Waals surface area contributed by atoms with Gasteiger partial charge in [0.25, 0.3) is 5.91 Å². The van der Waals surface area contributed by atoms with Gasteiger partial charge in [0.15, 0.2) is 5.96 Å². The van der Waals surface area contributed by atoms with Crippen LogP contribution in [0.5, 0.6) is 0 Å². The fourth-order valence-corrected chi connectivity index (χ4v) is 2.01. The second kappa shape index (κ2) is 10.4. The second-order valence-electron chi connectivity index (χ2n) is 4.95. The maximum Gasteiger partial charge on any atom is 0.251 e. The molecule has 5 nitrogen and oxygen atoms in total. The van der Waals surface area contributed by atoms with Crippen LogP contribution in [0.15, 0.2) is 48.0 Å². The van der Waals surface area contributed by atoms with Gasteiger partial charge < -0.3 is 15.5 Å². The van der Waals surface area contributed by atoms with Crippen LogP contribution in [0, 0.1) is 0 Å². The minimum Gasteiger partial charge on any atom is -0.354 e. The number of rotatable bonds is 8. The van der Waals surface area contributed by atoms with Crippen molar-refractivity contribution < 1.29 is 4.79 Å². The average molecular weight is 302 g/mol. The molecule has 0 aliphatic carbocycles. The molecule has 5 heteroatoms. The van der Waals surface area contributed by atoms with Gasteiger partial charge in [-0.25, -0.2) is 0 Å². The smallest absolute Gasteiger partial charge is 0.251 e. The first-order valence-electron chi connectivity index (χ1n) is 7.55. The summed E-state index contributed by atoms with van der Waals surface area (Å²) < 4.78 is 0. The summed E-state index contributed by atoms with van der Waals surface area (Å²) in [6.45, 7) is 5.82. The second-order valence-corrected chi connectivity index (χ2v) is 4.95. The SMILES string of the molecule is C=CCCCN(C)C(=NC)NCCNC(=O)c1ccccc1. The highest BCUT2D eigenvalue weighted by Gasteiger charge is 2.06. The van der Waals surface area contributed by atoms with E-state index in [-0.39, 0.29) is 5.91 Å². The Balaban J connectivity index is 2.27. The Kier molecular flexibility index (Phi) is 8.42. The molecular weight excluding hydrogens is 276 g/mol. The molecule has 0 fully saturated rings. The van der Waals surface area contributed by atoms with Gasteiger partial charge in [-0.2, -0.15) is 0 Å². The molecule has 0 radical (unpaired) electrons. The molecular formula is C17H26N4O. The highest BCUT2D eigenvalue weighted by Crippen LogP contribution is 1.97. The molecule has 0 saturated heterocycles. The molecule has 1 rings (SSSR count). The number of carbonyl (C=O) groups excluding carboxylic acids is 1. The number of hydrogen-bond donors (Lipinski definition) is 2. The van der Waals surface area contributed by atoms with Crippen LogP contribution in [0.3, 0.4) is 0 Å². The number of amides is 1. The van der Waals surface area contributed by atoms with E-state index in [9.17, 15) is 4.79 Å². The van der Waals surface area contributed by atoms with E-state index in [4.69, 9.17) is 0 Å². The topological polar surface area (TPSA) is 56.7 Å². The normalized spacial score (nSPS) is 10.9. The highest BCUT2D eigenvalue weighted by atomic mass is 16.1. The van der Waals surface area contributed by atoms with Gasteiger partial charge in [0, 0.05) is 39.3 Å². The van der Waals surface area contributed by atoms with E-state index in [2.05, 4.69) is 27.1 Å². The van der Waals surface area contributed by atoms with E-state index in [0.29, 0.717) is 18.7 Å². The molecule has 1 aromatic carbocycles. The summed E-state index contributed by atoms with van der Waals surface area (Å²) in [5, 5.41) is 6.12. The van der Waals surface area contributed by atoms with Crippen molar-refractivity contribution in [2.45, 2.75) is 12.8 Å². The maximum absolute atomic E-state index is 11.9. The monoisotopic (exact) mass is 302 g/mol. The molecule has 0 saturated carbocycles. The lowest BCUT2D eigenvalue weighted by Gasteiger charge is -2.21. The predicted molar refractivity (Wildman–Crippen MR) is 92.2 cm³/mol. The zero-order valence-electron chi connectivity index (χ0n) is 13.5. The van der Waals surface area contributed by atoms with Gasteiger partial charge in [-0.05, 0) is 25.0 Å². The molecule has 0 aliphatic rings. The average Bonchev–Trinajstić information content (AvgIpc) is 2.55. The third-order valence-corrected chi connectivity index (χ3v) is 3.20. The van der Waals surface area contributed by atoms with E-state index >= 15 is 0 Å². The molecule has 1 amide bonds. The highest BCUT2D eigenvalue weighted by molar-refractivity contribution is 5.94. The quantitative estimate of drug-likeness (QED) is 0.334. The molecule has 1 aromatic rings. The van der Waals surface area contributed by atoms with Crippen molar-refractivity contribution >= 4 is 11.9 Å². The van der Waals surface area contributed by atoms with Gasteiger partial charge >= 0.3 is 0 Å². The Bertz CT molecular complexity index is 485. The first kappa shape index (κ1) is 17.8. The van der Waals surface area contributed by atoms with E-state index in [1.54, 1.807) is 19.2 Å². The van der Waals surface area contributed by atoms with Gasteiger partial charge in [-0.15, -0.1) is 6.58 Å². The van der Waals surface area contributed by atoms with Crippen molar-refractivity contribution in [1.82, 2.24) is 15.5 Å². The Labute approximate surface area is 133 Å². The van der Waals surface area contributed by atoms with Gasteiger partial charge in [0.2, 0.25) is 0 Å². The molecule has 120 valence electrons. The van der Waals surface area contributed by atoms with Crippen LogP contribution in [0.25, 0.3) is 0 Å². The fourth-order valence-electron chi connectivity index (χ4n) is 2.01. The predicted octanol–water partition coefficient (Wildman–Crippen LogP) is 1.89. The summed E-state index contributed by atoms with van der Waals surface area (Å²) >= 11 is 0. The van der Waals surface area contributed by atoms with Crippen LogP contribution < -0.4 is 10.6 Å². The van der Waals surface area contributed by atoms with Gasteiger partial charge in [-0.3, -0.25) is 9.79 Å². The maximum atomic E-state index is 11.9. The molecule has 0 aromatic heterocycles. The summed E-state index contributed by atoms with van der Waals surface area (Å²) in [5.74, 6) is 0.773. The summed E-state index contributed by atoms with van der Waals surface area (Å²) in [6, 6.07) is 9.20. The Morgan fingerprint density at radius 3 is 2.59 bits per heavy atom. The lowest BCUT2D eigenvalue weighted by molar-refractivity contribution is 0.0954. The number of guanidine groups is 1. The summed E-state index contributed by atoms with van der Waals surface area (Å²) in [6.07, 6.45) is 3.96. The fraction of sp³-hybridized carbons (Fsp3) is 0.412. The number of benzene rings is 1. The molecule has 22 heavy (non-hydrogen) atoms. The van der Waals surface area contributed by atoms with Crippen LogP contribution in [0.2, 0.25) is 0 Å². The van der Waals surface area contributed by atoms with Crippen molar-refractivity contribution in [3.8, 4) is 0 Å². The van der Waals surface area contributed by atoms with Gasteiger partial charge in [0.1, 0.15) is 0 Å². The molecule has 0 bridgehead atoms. The van der Waals surface area contributed by atoms with Crippen LogP contribution in [-0.4, -0.2) is 50.5 Å². The summed E-state index contributed by atoms with van der Waals surface area (Å²) in [5.41, 5.74) is 0.674. The zero-order chi connectivity index (χ0) is 16.2. The van der Waals surface area contributed by atoms with Crippen LogP contribution in [0.4, 0.5) is 0 Å². The number of nitrogens with one attached hydrogen (secondary N) is 2. The van der Waals surface area contributed by atoms with Crippen LogP contribution >= 0.6 is 0 Å². The van der Waals surface area contributed by atoms with E-state index < -0.39 is 0 Å². The number of nitrogens with zero attached hydrogens (tertiary/aromatic N) is 2. The van der Waals surface area contributed by atoms with E-state index in [1.165, 1.54) is 0 Å². The molecule has 0 unspecified atom stereocenters. The molecule has 0 spiro atoms. The molecule has 0 atom stereocenters. The van der Waals surface area contributed by atoms with Gasteiger partial charge in [0.05, 0.1) is 0 Å². The molecule has 2 N–H and O–H groups in total. The van der Waals surface area contributed by atoms with Gasteiger partial charge in [-0.1, -0.05) is 24.3 Å². The standard InChI is InChI=1S/C17H26N4O/c1-4-5-9-14-21(3)17(18-2)20-13-12-19-16(22)15-10-7-6-8-11-15/h4,6-8,10-11H,1,5,9,12-14H2,2-3H3,(H,18,20)(H,19,22). The Morgan fingerprint density at radius 2 is 1.95 bits per heavy atom. The summed E-state index contributed by atoms with van der Waals surface area (Å²) in [7, 11) is 3.76. The van der Waals surface area contributed by atoms with E-state index in [1.807, 2.05) is 31.3 Å². The van der Waals surface area contributed by atoms with Crippen molar-refractivity contribution in [3.05, 3.63) is 48.6 Å². The van der Waals surface area contributed by atoms with Crippen LogP contribution in [0.1, 0.15) is 23.2 Å². The first-order valence-corrected chi connectivity index (χ1v) is 7.55. The third-order valence-electron chi connectivity index (χ3n) is 3.20. The number of aliphatic imine (C=N–C) groups is 1. The minimum atomic E-state index is -0.0586. The van der Waals surface area contributed by atoms with Crippen molar-refractivity contribution in [1.29, 1.82) is 0 Å². The van der Waals surface area contributed by atoms with E-state index in [0.717, 1.165) is 25.3 Å². The molecule has 0 aliphatic heterocycles. The van der Waals surface area contributed by atoms with Crippen molar-refractivity contribution in [2.24, 2.45) is 4.99 Å². The Hall–Kier alpha value is -2.30. The Morgan fingerprint density at radius 1 is 1.27 bits per heavy atom. The van der Waals surface area contributed by atoms with Crippen molar-refractivity contribution in [3.63, 3.8) is 0 Å². The van der Waals surface area contributed by atoms with Crippen molar-refractivity contribution in [2.75, 3.05) is 33.7 Å². The number of allylic oxidation sites excluding steroid dienone is 1. The third kappa shape index (κ3) is 6.43. The number of carbonyl (C=O) groups is 1. The summed E-state index contributed by atoms with van der Waals surface area (Å²) in [4.78, 5) is 18.2.